The third-order valence-corrected chi connectivity index (χ3v) is 5.02. The number of rotatable bonds is 6. The number of Topliss-reactive ketones (excluding diaryl/α,β-unsaturated/α-hetero) is 1. The minimum atomic E-state index is -0.758. The Balaban J connectivity index is 2.04. The Morgan fingerprint density at radius 2 is 1.72 bits per heavy atom. The highest BCUT2D eigenvalue weighted by Crippen LogP contribution is 2.41. The maximum Gasteiger partial charge on any atom is 0.197 e. The first-order chi connectivity index (χ1) is 13.7. The molecule has 6 heteroatoms. The summed E-state index contributed by atoms with van der Waals surface area (Å²) in [6.45, 7) is 5.54. The van der Waals surface area contributed by atoms with E-state index >= 15 is 0 Å². The molecule has 0 saturated heterocycles. The largest absolute Gasteiger partial charge is 0.495 e. The predicted molar refractivity (Wildman–Crippen MR) is 109 cm³/mol. The maximum atomic E-state index is 15.0. The molecule has 1 atom stereocenters. The lowest BCUT2D eigenvalue weighted by Gasteiger charge is -2.29. The molecule has 0 saturated carbocycles. The number of carbonyl (C=O) groups excluding carboxylic acids is 1. The number of ketones is 1. The quantitative estimate of drug-likeness (QED) is 0.637. The zero-order valence-corrected chi connectivity index (χ0v) is 17.5. The fraction of sp³-hybridized carbons (Fsp3) is 0.348. The molecular formula is C23H25FO5. The topological polar surface area (TPSA) is 54.0 Å². The summed E-state index contributed by atoms with van der Waals surface area (Å²) in [6, 6.07) is 6.53. The van der Waals surface area contributed by atoms with Gasteiger partial charge < -0.3 is 18.9 Å². The smallest absolute Gasteiger partial charge is 0.197 e. The summed E-state index contributed by atoms with van der Waals surface area (Å²) in [5.41, 5.74) is 0.832. The van der Waals surface area contributed by atoms with Crippen LogP contribution in [0.3, 0.4) is 0 Å². The molecule has 0 radical (unpaired) electrons. The van der Waals surface area contributed by atoms with Crippen molar-refractivity contribution in [2.75, 3.05) is 21.3 Å². The van der Waals surface area contributed by atoms with Crippen molar-refractivity contribution in [3.05, 3.63) is 52.8 Å². The molecule has 1 aliphatic heterocycles. The van der Waals surface area contributed by atoms with Crippen molar-refractivity contribution in [3.8, 4) is 23.0 Å². The highest BCUT2D eigenvalue weighted by Gasteiger charge is 2.30. The van der Waals surface area contributed by atoms with Crippen molar-refractivity contribution in [2.24, 2.45) is 0 Å². The summed E-state index contributed by atoms with van der Waals surface area (Å²) < 4.78 is 36.7. The minimum Gasteiger partial charge on any atom is -0.495 e. The van der Waals surface area contributed by atoms with Gasteiger partial charge in [-0.15, -0.1) is 0 Å². The van der Waals surface area contributed by atoms with Crippen LogP contribution in [-0.2, 0) is 0 Å². The highest BCUT2D eigenvalue weighted by atomic mass is 19.1. The van der Waals surface area contributed by atoms with Crippen LogP contribution in [0.5, 0.6) is 23.0 Å². The molecule has 1 heterocycles. The van der Waals surface area contributed by atoms with E-state index in [0.29, 0.717) is 22.6 Å². The maximum absolute atomic E-state index is 15.0. The number of ether oxygens (including phenoxy) is 4. The number of fused-ring (bicyclic) bond motifs is 1. The predicted octanol–water partition coefficient (Wildman–Crippen LogP) is 5.02. The van der Waals surface area contributed by atoms with E-state index in [1.807, 2.05) is 26.0 Å². The van der Waals surface area contributed by atoms with Gasteiger partial charge in [-0.25, -0.2) is 4.39 Å². The number of halogens is 1. The standard InChI is InChI=1S/C23H25FO5/c1-13(14-7-10-18(26-4)22(28-6)19(14)24)20(25)16-8-9-17-15(21(16)27-5)11-12-23(2,3)29-17/h7-13H,1-6H3. The first-order valence-corrected chi connectivity index (χ1v) is 9.28. The molecule has 2 aromatic carbocycles. The zero-order valence-electron chi connectivity index (χ0n) is 17.5. The van der Waals surface area contributed by atoms with Crippen LogP contribution in [-0.4, -0.2) is 32.7 Å². The summed E-state index contributed by atoms with van der Waals surface area (Å²) in [5.74, 6) is -0.358. The minimum absolute atomic E-state index is 0.0272. The lowest BCUT2D eigenvalue weighted by molar-refractivity contribution is 0.0961. The Hall–Kier alpha value is -3.02. The number of methoxy groups -OCH3 is 3. The van der Waals surface area contributed by atoms with Crippen molar-refractivity contribution in [1.29, 1.82) is 0 Å². The lowest BCUT2D eigenvalue weighted by atomic mass is 9.89. The summed E-state index contributed by atoms with van der Waals surface area (Å²) in [4.78, 5) is 13.3. The van der Waals surface area contributed by atoms with Gasteiger partial charge >= 0.3 is 0 Å². The fourth-order valence-corrected chi connectivity index (χ4v) is 3.46. The van der Waals surface area contributed by atoms with E-state index in [1.54, 1.807) is 25.1 Å². The van der Waals surface area contributed by atoms with Crippen LogP contribution in [0.4, 0.5) is 4.39 Å². The van der Waals surface area contributed by atoms with E-state index in [0.717, 1.165) is 0 Å². The van der Waals surface area contributed by atoms with E-state index in [1.165, 1.54) is 27.4 Å². The number of carbonyl (C=O) groups is 1. The van der Waals surface area contributed by atoms with Crippen molar-refractivity contribution in [1.82, 2.24) is 0 Å². The van der Waals surface area contributed by atoms with Gasteiger partial charge in [0.05, 0.1) is 32.5 Å². The lowest BCUT2D eigenvalue weighted by Crippen LogP contribution is -2.27. The normalized spacial score (nSPS) is 15.1. The Labute approximate surface area is 170 Å². The van der Waals surface area contributed by atoms with E-state index in [4.69, 9.17) is 18.9 Å². The number of hydrogen-bond donors (Lipinski definition) is 0. The molecule has 29 heavy (non-hydrogen) atoms. The second-order valence-corrected chi connectivity index (χ2v) is 7.39. The van der Waals surface area contributed by atoms with Crippen LogP contribution in [0.15, 0.2) is 30.3 Å². The molecular weight excluding hydrogens is 375 g/mol. The average molecular weight is 400 g/mol. The third kappa shape index (κ3) is 3.67. The molecule has 1 aliphatic rings. The monoisotopic (exact) mass is 400 g/mol. The Bertz CT molecular complexity index is 978. The fourth-order valence-electron chi connectivity index (χ4n) is 3.46. The van der Waals surface area contributed by atoms with Gasteiger partial charge in [-0.2, -0.15) is 0 Å². The summed E-state index contributed by atoms with van der Waals surface area (Å²) in [6.07, 6.45) is 3.79. The molecule has 2 aromatic rings. The summed E-state index contributed by atoms with van der Waals surface area (Å²) in [7, 11) is 4.29. The molecule has 3 rings (SSSR count). The molecule has 0 aromatic heterocycles. The van der Waals surface area contributed by atoms with Crippen LogP contribution in [0.25, 0.3) is 6.08 Å². The van der Waals surface area contributed by atoms with Crippen LogP contribution in [0, 0.1) is 5.82 Å². The van der Waals surface area contributed by atoms with Gasteiger partial charge in [0.25, 0.3) is 0 Å². The van der Waals surface area contributed by atoms with Gasteiger partial charge in [0, 0.05) is 11.5 Å². The van der Waals surface area contributed by atoms with Gasteiger partial charge in [0.15, 0.2) is 23.1 Å². The molecule has 0 bridgehead atoms. The average Bonchev–Trinajstić information content (AvgIpc) is 2.70. The molecule has 0 fully saturated rings. The summed E-state index contributed by atoms with van der Waals surface area (Å²) in [5, 5.41) is 0. The second kappa shape index (κ2) is 7.78. The molecule has 5 nitrogen and oxygen atoms in total. The zero-order chi connectivity index (χ0) is 21.3. The second-order valence-electron chi connectivity index (χ2n) is 7.39. The Morgan fingerprint density at radius 3 is 2.34 bits per heavy atom. The molecule has 0 amide bonds. The number of benzene rings is 2. The molecule has 0 spiro atoms. The first kappa shape index (κ1) is 20.7. The van der Waals surface area contributed by atoms with E-state index in [2.05, 4.69) is 0 Å². The van der Waals surface area contributed by atoms with Gasteiger partial charge in [0.1, 0.15) is 17.1 Å². The Kier molecular flexibility index (Phi) is 5.55. The van der Waals surface area contributed by atoms with Crippen molar-refractivity contribution in [3.63, 3.8) is 0 Å². The van der Waals surface area contributed by atoms with Gasteiger partial charge in [-0.1, -0.05) is 13.0 Å². The van der Waals surface area contributed by atoms with Gasteiger partial charge in [-0.05, 0) is 44.2 Å². The van der Waals surface area contributed by atoms with Crippen LogP contribution in [0.1, 0.15) is 48.2 Å². The van der Waals surface area contributed by atoms with Crippen molar-refractivity contribution >= 4 is 11.9 Å². The molecule has 0 N–H and O–H groups in total. The highest BCUT2D eigenvalue weighted by molar-refractivity contribution is 6.04. The van der Waals surface area contributed by atoms with E-state index in [-0.39, 0.29) is 22.8 Å². The number of hydrogen-bond acceptors (Lipinski definition) is 5. The van der Waals surface area contributed by atoms with E-state index < -0.39 is 17.3 Å². The van der Waals surface area contributed by atoms with Gasteiger partial charge in [0.2, 0.25) is 0 Å². The van der Waals surface area contributed by atoms with Crippen LogP contribution in [0.2, 0.25) is 0 Å². The molecule has 1 unspecified atom stereocenters. The van der Waals surface area contributed by atoms with Gasteiger partial charge in [-0.3, -0.25) is 4.79 Å². The van der Waals surface area contributed by atoms with E-state index in [9.17, 15) is 9.18 Å². The summed E-state index contributed by atoms with van der Waals surface area (Å²) >= 11 is 0. The van der Waals surface area contributed by atoms with Crippen molar-refractivity contribution in [2.45, 2.75) is 32.3 Å². The SMILES string of the molecule is COc1ccc(C(C)C(=O)c2ccc3c(c2OC)C=CC(C)(C)O3)c(F)c1OC. The van der Waals surface area contributed by atoms with Crippen LogP contribution < -0.4 is 18.9 Å². The molecule has 0 aliphatic carbocycles. The molecule has 154 valence electrons. The third-order valence-electron chi connectivity index (χ3n) is 5.02. The van der Waals surface area contributed by atoms with Crippen molar-refractivity contribution < 1.29 is 28.1 Å². The Morgan fingerprint density at radius 1 is 1.03 bits per heavy atom. The first-order valence-electron chi connectivity index (χ1n) is 9.28. The van der Waals surface area contributed by atoms with Crippen LogP contribution >= 0.6 is 0 Å².